The zero-order valence-corrected chi connectivity index (χ0v) is 10.6. The number of aromatic hydroxyl groups is 1. The lowest BCUT2D eigenvalue weighted by Crippen LogP contribution is -2.27. The summed E-state index contributed by atoms with van der Waals surface area (Å²) >= 11 is 0. The van der Waals surface area contributed by atoms with Gasteiger partial charge in [0.1, 0.15) is 0 Å². The summed E-state index contributed by atoms with van der Waals surface area (Å²) < 4.78 is 5.24. The molecule has 3 nitrogen and oxygen atoms in total. The topological polar surface area (TPSA) is 41.5 Å². The molecule has 2 N–H and O–H groups in total. The Bertz CT molecular complexity index is 384. The molecule has 3 heteroatoms. The molecule has 1 aliphatic heterocycles. The molecule has 1 unspecified atom stereocenters. The maximum absolute atomic E-state index is 10.2. The van der Waals surface area contributed by atoms with Crippen molar-refractivity contribution in [2.45, 2.75) is 38.6 Å². The van der Waals surface area contributed by atoms with Gasteiger partial charge < -0.3 is 15.2 Å². The Hall–Kier alpha value is -1.22. The maximum Gasteiger partial charge on any atom is 0.162 e. The number of aryl methyl sites for hydroxylation is 1. The van der Waals surface area contributed by atoms with E-state index in [2.05, 4.69) is 18.3 Å². The van der Waals surface area contributed by atoms with Gasteiger partial charge in [-0.25, -0.2) is 0 Å². The van der Waals surface area contributed by atoms with Crippen LogP contribution in [0.1, 0.15) is 43.4 Å². The Morgan fingerprint density at radius 3 is 2.82 bits per heavy atom. The number of methoxy groups -OCH3 is 1. The van der Waals surface area contributed by atoms with Crippen LogP contribution in [0, 0.1) is 0 Å². The third-order valence-corrected chi connectivity index (χ3v) is 3.48. The Morgan fingerprint density at radius 1 is 1.41 bits per heavy atom. The molecular formula is C14H21NO2. The molecule has 0 bridgehead atoms. The van der Waals surface area contributed by atoms with E-state index in [0.717, 1.165) is 24.9 Å². The van der Waals surface area contributed by atoms with Crippen LogP contribution in [0.3, 0.4) is 0 Å². The number of hydrogen-bond acceptors (Lipinski definition) is 3. The van der Waals surface area contributed by atoms with Crippen LogP contribution in [-0.2, 0) is 6.42 Å². The van der Waals surface area contributed by atoms with E-state index >= 15 is 0 Å². The second-order valence-electron chi connectivity index (χ2n) is 4.59. The first-order valence-corrected chi connectivity index (χ1v) is 6.39. The van der Waals surface area contributed by atoms with E-state index in [4.69, 9.17) is 4.74 Å². The molecule has 1 fully saturated rings. The van der Waals surface area contributed by atoms with Gasteiger partial charge in [0.15, 0.2) is 11.5 Å². The minimum absolute atomic E-state index is 0.268. The van der Waals surface area contributed by atoms with Crippen molar-refractivity contribution in [2.75, 3.05) is 13.7 Å². The summed E-state index contributed by atoms with van der Waals surface area (Å²) in [6.45, 7) is 3.15. The number of phenols is 1. The highest BCUT2D eigenvalue weighted by atomic mass is 16.5. The summed E-state index contributed by atoms with van der Waals surface area (Å²) in [5.41, 5.74) is 2.20. The fourth-order valence-corrected chi connectivity index (χ4v) is 2.43. The fourth-order valence-electron chi connectivity index (χ4n) is 2.43. The van der Waals surface area contributed by atoms with E-state index in [0.29, 0.717) is 11.5 Å². The summed E-state index contributed by atoms with van der Waals surface area (Å²) in [7, 11) is 1.60. The van der Waals surface area contributed by atoms with Gasteiger partial charge in [0.05, 0.1) is 7.11 Å². The summed E-state index contributed by atoms with van der Waals surface area (Å²) in [6.07, 6.45) is 4.48. The van der Waals surface area contributed by atoms with Crippen molar-refractivity contribution in [1.29, 1.82) is 0 Å². The number of phenolic OH excluding ortho intramolecular Hbond substituents is 1. The highest BCUT2D eigenvalue weighted by Gasteiger charge is 2.20. The van der Waals surface area contributed by atoms with Crippen molar-refractivity contribution in [2.24, 2.45) is 0 Å². The van der Waals surface area contributed by atoms with Crippen LogP contribution in [0.4, 0.5) is 0 Å². The van der Waals surface area contributed by atoms with Crippen molar-refractivity contribution in [3.05, 3.63) is 23.3 Å². The van der Waals surface area contributed by atoms with Crippen LogP contribution < -0.4 is 10.1 Å². The third-order valence-electron chi connectivity index (χ3n) is 3.48. The molecule has 1 heterocycles. The van der Waals surface area contributed by atoms with E-state index in [1.165, 1.54) is 18.4 Å². The van der Waals surface area contributed by atoms with Gasteiger partial charge in [-0.1, -0.05) is 19.4 Å². The summed E-state index contributed by atoms with van der Waals surface area (Å²) in [6, 6.07) is 4.28. The van der Waals surface area contributed by atoms with Gasteiger partial charge in [0.2, 0.25) is 0 Å². The summed E-state index contributed by atoms with van der Waals surface area (Å²) in [5, 5.41) is 13.7. The van der Waals surface area contributed by atoms with Crippen molar-refractivity contribution < 1.29 is 9.84 Å². The van der Waals surface area contributed by atoms with Crippen molar-refractivity contribution in [3.8, 4) is 11.5 Å². The molecule has 1 aromatic rings. The maximum atomic E-state index is 10.2. The Balaban J connectivity index is 2.36. The van der Waals surface area contributed by atoms with Crippen LogP contribution in [0.15, 0.2) is 12.1 Å². The molecule has 0 aliphatic carbocycles. The second kappa shape index (κ2) is 5.41. The molecule has 0 spiro atoms. The molecule has 1 aliphatic rings. The molecule has 1 atom stereocenters. The quantitative estimate of drug-likeness (QED) is 0.846. The lowest BCUT2D eigenvalue weighted by Gasteiger charge is -2.25. The molecule has 0 amide bonds. The van der Waals surface area contributed by atoms with Crippen LogP contribution in [0.25, 0.3) is 0 Å². The van der Waals surface area contributed by atoms with E-state index in [1.54, 1.807) is 7.11 Å². The molecule has 17 heavy (non-hydrogen) atoms. The SMILES string of the molecule is CCc1cc(OC)c(O)c(C2CCCCN2)c1. The average Bonchev–Trinajstić information content (AvgIpc) is 2.40. The van der Waals surface area contributed by atoms with Crippen LogP contribution in [0.5, 0.6) is 11.5 Å². The summed E-state index contributed by atoms with van der Waals surface area (Å²) in [4.78, 5) is 0. The summed E-state index contributed by atoms with van der Waals surface area (Å²) in [5.74, 6) is 0.885. The average molecular weight is 235 g/mol. The third kappa shape index (κ3) is 2.55. The van der Waals surface area contributed by atoms with E-state index in [9.17, 15) is 5.11 Å². The van der Waals surface area contributed by atoms with Crippen LogP contribution in [-0.4, -0.2) is 18.8 Å². The monoisotopic (exact) mass is 235 g/mol. The van der Waals surface area contributed by atoms with E-state index < -0.39 is 0 Å². The Kier molecular flexibility index (Phi) is 3.89. The zero-order chi connectivity index (χ0) is 12.3. The van der Waals surface area contributed by atoms with Gasteiger partial charge in [-0.15, -0.1) is 0 Å². The van der Waals surface area contributed by atoms with Crippen molar-refractivity contribution in [1.82, 2.24) is 5.32 Å². The number of hydrogen-bond donors (Lipinski definition) is 2. The van der Waals surface area contributed by atoms with Crippen LogP contribution in [0.2, 0.25) is 0 Å². The van der Waals surface area contributed by atoms with Gasteiger partial charge in [0.25, 0.3) is 0 Å². The Labute approximate surface area is 103 Å². The van der Waals surface area contributed by atoms with Gasteiger partial charge in [-0.3, -0.25) is 0 Å². The fraction of sp³-hybridized carbons (Fsp3) is 0.571. The van der Waals surface area contributed by atoms with Crippen molar-refractivity contribution in [3.63, 3.8) is 0 Å². The molecule has 0 aromatic heterocycles. The lowest BCUT2D eigenvalue weighted by atomic mass is 9.94. The van der Waals surface area contributed by atoms with Gasteiger partial charge in [-0.05, 0) is 37.4 Å². The second-order valence-corrected chi connectivity index (χ2v) is 4.59. The largest absolute Gasteiger partial charge is 0.504 e. The predicted octanol–water partition coefficient (Wildman–Crippen LogP) is 2.78. The number of rotatable bonds is 3. The molecule has 94 valence electrons. The number of ether oxygens (including phenoxy) is 1. The van der Waals surface area contributed by atoms with Crippen LogP contribution >= 0.6 is 0 Å². The number of piperidine rings is 1. The van der Waals surface area contributed by atoms with E-state index in [-0.39, 0.29) is 6.04 Å². The van der Waals surface area contributed by atoms with Crippen molar-refractivity contribution >= 4 is 0 Å². The number of benzene rings is 1. The predicted molar refractivity (Wildman–Crippen MR) is 68.6 cm³/mol. The normalized spacial score (nSPS) is 20.2. The minimum Gasteiger partial charge on any atom is -0.504 e. The van der Waals surface area contributed by atoms with Gasteiger partial charge in [-0.2, -0.15) is 0 Å². The molecule has 1 aromatic carbocycles. The smallest absolute Gasteiger partial charge is 0.162 e. The van der Waals surface area contributed by atoms with Gasteiger partial charge >= 0.3 is 0 Å². The first-order chi connectivity index (χ1) is 8.26. The standard InChI is InChI=1S/C14H21NO2/c1-3-10-8-11(12-6-4-5-7-15-12)14(16)13(9-10)17-2/h8-9,12,15-16H,3-7H2,1-2H3. The molecule has 0 radical (unpaired) electrons. The molecule has 0 saturated carbocycles. The minimum atomic E-state index is 0.268. The highest BCUT2D eigenvalue weighted by Crippen LogP contribution is 2.37. The Morgan fingerprint density at radius 2 is 2.24 bits per heavy atom. The van der Waals surface area contributed by atoms with Gasteiger partial charge in [0, 0.05) is 11.6 Å². The highest BCUT2D eigenvalue weighted by molar-refractivity contribution is 5.50. The molecule has 1 saturated heterocycles. The molecule has 2 rings (SSSR count). The lowest BCUT2D eigenvalue weighted by molar-refractivity contribution is 0.354. The molecular weight excluding hydrogens is 214 g/mol. The first-order valence-electron chi connectivity index (χ1n) is 6.39. The zero-order valence-electron chi connectivity index (χ0n) is 10.6. The first kappa shape index (κ1) is 12.2. The number of nitrogens with one attached hydrogen (secondary N) is 1. The van der Waals surface area contributed by atoms with E-state index in [1.807, 2.05) is 6.07 Å².